The normalized spacial score (nSPS) is 12.9. The summed E-state index contributed by atoms with van der Waals surface area (Å²) < 4.78 is 17.2. The second-order valence-electron chi connectivity index (χ2n) is 14.6. The monoisotopic (exact) mass is 753 g/mol. The van der Waals surface area contributed by atoms with Gasteiger partial charge in [0.2, 0.25) is 0 Å². The van der Waals surface area contributed by atoms with E-state index in [1.54, 1.807) is 0 Å². The summed E-state index contributed by atoms with van der Waals surface area (Å²) in [5.41, 5.74) is 0. The molecular weight excluding hydrogens is 669 g/mol. The van der Waals surface area contributed by atoms with E-state index in [9.17, 15) is 9.59 Å². The maximum absolute atomic E-state index is 12.7. The highest BCUT2D eigenvalue weighted by Crippen LogP contribution is 2.13. The topological polar surface area (TPSA) is 61.8 Å². The van der Waals surface area contributed by atoms with Crippen LogP contribution >= 0.6 is 0 Å². The Morgan fingerprint density at radius 2 is 0.833 bits per heavy atom. The third kappa shape index (κ3) is 42.1. The first-order valence-corrected chi connectivity index (χ1v) is 22.5. The number of rotatable bonds is 40. The Bertz CT molecular complexity index is 988. The van der Waals surface area contributed by atoms with Crippen molar-refractivity contribution >= 4 is 11.9 Å². The van der Waals surface area contributed by atoms with Crippen molar-refractivity contribution in [3.63, 3.8) is 0 Å². The van der Waals surface area contributed by atoms with Gasteiger partial charge in [-0.15, -0.1) is 0 Å². The van der Waals surface area contributed by atoms with Crippen molar-refractivity contribution in [2.45, 2.75) is 207 Å². The average molecular weight is 753 g/mol. The summed E-state index contributed by atoms with van der Waals surface area (Å²) in [7, 11) is 0. The van der Waals surface area contributed by atoms with E-state index in [0.29, 0.717) is 19.4 Å². The van der Waals surface area contributed by atoms with Gasteiger partial charge in [-0.1, -0.05) is 177 Å². The van der Waals surface area contributed by atoms with Crippen LogP contribution in [0.15, 0.2) is 72.9 Å². The molecule has 0 aromatic carbocycles. The number of allylic oxidation sites excluding steroid dienone is 12. The number of ether oxygens (including phenoxy) is 3. The molecular formula is C49H84O5. The summed E-state index contributed by atoms with van der Waals surface area (Å²) in [6, 6.07) is 0. The summed E-state index contributed by atoms with van der Waals surface area (Å²) in [4.78, 5) is 25.2. The van der Waals surface area contributed by atoms with Crippen molar-refractivity contribution in [2.75, 3.05) is 19.8 Å². The molecule has 0 N–H and O–H groups in total. The minimum Gasteiger partial charge on any atom is -0.462 e. The highest BCUT2D eigenvalue weighted by Gasteiger charge is 2.17. The quantitative estimate of drug-likeness (QED) is 0.0354. The molecule has 0 bridgehead atoms. The average Bonchev–Trinajstić information content (AvgIpc) is 3.17. The Morgan fingerprint density at radius 3 is 1.37 bits per heavy atom. The van der Waals surface area contributed by atoms with Crippen molar-refractivity contribution in [2.24, 2.45) is 0 Å². The minimum absolute atomic E-state index is 0.0550. The lowest BCUT2D eigenvalue weighted by molar-refractivity contribution is -0.163. The van der Waals surface area contributed by atoms with Gasteiger partial charge in [0.05, 0.1) is 6.61 Å². The van der Waals surface area contributed by atoms with Crippen molar-refractivity contribution < 1.29 is 23.8 Å². The Hall–Kier alpha value is -2.66. The lowest BCUT2D eigenvalue weighted by atomic mass is 10.1. The van der Waals surface area contributed by atoms with Gasteiger partial charge in [0, 0.05) is 19.4 Å². The molecule has 5 nitrogen and oxygen atoms in total. The molecule has 54 heavy (non-hydrogen) atoms. The first kappa shape index (κ1) is 51.3. The minimum atomic E-state index is -0.568. The largest absolute Gasteiger partial charge is 0.462 e. The Morgan fingerprint density at radius 1 is 0.426 bits per heavy atom. The summed E-state index contributed by atoms with van der Waals surface area (Å²) in [5, 5.41) is 0. The van der Waals surface area contributed by atoms with Crippen LogP contribution in [0.1, 0.15) is 201 Å². The van der Waals surface area contributed by atoms with Gasteiger partial charge in [-0.3, -0.25) is 9.59 Å². The fourth-order valence-corrected chi connectivity index (χ4v) is 5.90. The molecule has 0 aromatic rings. The molecule has 0 saturated heterocycles. The first-order chi connectivity index (χ1) is 26.6. The summed E-state index contributed by atoms with van der Waals surface area (Å²) in [5.74, 6) is -0.448. The zero-order chi connectivity index (χ0) is 39.3. The van der Waals surface area contributed by atoms with Crippen LogP contribution in [-0.4, -0.2) is 37.9 Å². The van der Waals surface area contributed by atoms with Crippen molar-refractivity contribution in [3.8, 4) is 0 Å². The number of hydrogen-bond acceptors (Lipinski definition) is 5. The van der Waals surface area contributed by atoms with Gasteiger partial charge < -0.3 is 14.2 Å². The SMILES string of the molecule is CC/C=C\C/C=C\C/C=C\C/C=C\CCCOCC(COC(=O)CCCCCCC/C=C\C/C=C\CCCCC)OC(=O)CCCCCCCCCCC. The van der Waals surface area contributed by atoms with Crippen molar-refractivity contribution in [1.29, 1.82) is 0 Å². The van der Waals surface area contributed by atoms with Gasteiger partial charge in [-0.25, -0.2) is 0 Å². The number of hydrogen-bond donors (Lipinski definition) is 0. The zero-order valence-corrected chi connectivity index (χ0v) is 35.5. The number of carbonyl (C=O) groups is 2. The molecule has 0 rings (SSSR count). The van der Waals surface area contributed by atoms with Crippen LogP contribution in [0.25, 0.3) is 0 Å². The van der Waals surface area contributed by atoms with Crippen LogP contribution in [0, 0.1) is 0 Å². The van der Waals surface area contributed by atoms with Gasteiger partial charge in [0.1, 0.15) is 6.61 Å². The maximum Gasteiger partial charge on any atom is 0.306 e. The van der Waals surface area contributed by atoms with Crippen LogP contribution in [0.2, 0.25) is 0 Å². The van der Waals surface area contributed by atoms with Crippen molar-refractivity contribution in [3.05, 3.63) is 72.9 Å². The van der Waals surface area contributed by atoms with E-state index in [1.165, 1.54) is 77.0 Å². The van der Waals surface area contributed by atoms with Crippen molar-refractivity contribution in [1.82, 2.24) is 0 Å². The van der Waals surface area contributed by atoms with E-state index in [2.05, 4.69) is 93.7 Å². The van der Waals surface area contributed by atoms with Gasteiger partial charge in [-0.2, -0.15) is 0 Å². The van der Waals surface area contributed by atoms with Gasteiger partial charge in [0.15, 0.2) is 6.10 Å². The molecule has 310 valence electrons. The molecule has 0 amide bonds. The zero-order valence-electron chi connectivity index (χ0n) is 35.5. The van der Waals surface area contributed by atoms with E-state index < -0.39 is 6.10 Å². The molecule has 1 atom stereocenters. The third-order valence-electron chi connectivity index (χ3n) is 9.23. The van der Waals surface area contributed by atoms with E-state index in [1.807, 2.05) is 0 Å². The van der Waals surface area contributed by atoms with E-state index in [0.717, 1.165) is 89.9 Å². The molecule has 1 unspecified atom stereocenters. The summed E-state index contributed by atoms with van der Waals surface area (Å²) >= 11 is 0. The number of carbonyl (C=O) groups excluding carboxylic acids is 2. The fourth-order valence-electron chi connectivity index (χ4n) is 5.90. The number of esters is 2. The first-order valence-electron chi connectivity index (χ1n) is 22.5. The molecule has 5 heteroatoms. The summed E-state index contributed by atoms with van der Waals surface area (Å²) in [6.45, 7) is 7.51. The highest BCUT2D eigenvalue weighted by molar-refractivity contribution is 5.70. The fraction of sp³-hybridized carbons (Fsp3) is 0.714. The van der Waals surface area contributed by atoms with Crippen LogP contribution < -0.4 is 0 Å². The smallest absolute Gasteiger partial charge is 0.306 e. The maximum atomic E-state index is 12.7. The Labute approximate surface area is 334 Å². The Kier molecular flexibility index (Phi) is 42.5. The van der Waals surface area contributed by atoms with E-state index >= 15 is 0 Å². The number of unbranched alkanes of at least 4 members (excludes halogenated alkanes) is 17. The van der Waals surface area contributed by atoms with Crippen LogP contribution in [0.5, 0.6) is 0 Å². The molecule has 0 fully saturated rings. The molecule has 0 aliphatic rings. The molecule has 0 heterocycles. The molecule has 0 aliphatic heterocycles. The molecule has 0 aliphatic carbocycles. The highest BCUT2D eigenvalue weighted by atomic mass is 16.6. The van der Waals surface area contributed by atoms with Gasteiger partial charge in [-0.05, 0) is 83.5 Å². The Balaban J connectivity index is 4.33. The van der Waals surface area contributed by atoms with Crippen LogP contribution in [-0.2, 0) is 23.8 Å². The summed E-state index contributed by atoms with van der Waals surface area (Å²) in [6.07, 6.45) is 56.2. The predicted octanol–water partition coefficient (Wildman–Crippen LogP) is 14.8. The predicted molar refractivity (Wildman–Crippen MR) is 233 cm³/mol. The van der Waals surface area contributed by atoms with Crippen LogP contribution in [0.4, 0.5) is 0 Å². The van der Waals surface area contributed by atoms with E-state index in [-0.39, 0.29) is 25.2 Å². The molecule has 0 saturated carbocycles. The molecule has 0 aromatic heterocycles. The molecule has 0 radical (unpaired) electrons. The molecule has 0 spiro atoms. The lowest BCUT2D eigenvalue weighted by Gasteiger charge is -2.18. The van der Waals surface area contributed by atoms with Gasteiger partial charge >= 0.3 is 11.9 Å². The van der Waals surface area contributed by atoms with Crippen LogP contribution in [0.3, 0.4) is 0 Å². The van der Waals surface area contributed by atoms with E-state index in [4.69, 9.17) is 14.2 Å². The lowest BCUT2D eigenvalue weighted by Crippen LogP contribution is -2.30. The third-order valence-corrected chi connectivity index (χ3v) is 9.23. The standard InChI is InChI=1S/C49H84O5/c1-4-7-10-13-16-19-21-23-25-26-28-31-33-36-39-42-48(50)53-46-47(54-49(51)43-40-37-34-30-18-15-12-9-6-3)45-52-44-41-38-35-32-29-27-24-22-20-17-14-11-8-5-2/h8,11,16-17,19-20,23-25,27,32,35,47H,4-7,9-10,12-15,18,21-22,26,28-31,33-34,36-46H2,1-3H3/b11-8-,19-16-,20-17-,25-23-,27-24-,35-32-. The second-order valence-corrected chi connectivity index (χ2v) is 14.6. The second kappa shape index (κ2) is 44.7. The van der Waals surface area contributed by atoms with Gasteiger partial charge in [0.25, 0.3) is 0 Å².